The van der Waals surface area contributed by atoms with Crippen LogP contribution in [0.3, 0.4) is 0 Å². The fourth-order valence-corrected chi connectivity index (χ4v) is 1.78. The first-order valence-corrected chi connectivity index (χ1v) is 5.47. The highest BCUT2D eigenvalue weighted by atomic mass is 35.5. The van der Waals surface area contributed by atoms with Gasteiger partial charge in [0.2, 0.25) is 0 Å². The zero-order valence-corrected chi connectivity index (χ0v) is 10.0. The van der Waals surface area contributed by atoms with E-state index >= 15 is 0 Å². The normalized spacial score (nSPS) is 10.5. The van der Waals surface area contributed by atoms with E-state index in [-0.39, 0.29) is 5.15 Å². The van der Waals surface area contributed by atoms with Crippen molar-refractivity contribution >= 4 is 11.6 Å². The van der Waals surface area contributed by atoms with Gasteiger partial charge in [-0.1, -0.05) is 41.9 Å². The summed E-state index contributed by atoms with van der Waals surface area (Å²) in [6.07, 6.45) is 0. The van der Waals surface area contributed by atoms with Crippen molar-refractivity contribution in [3.05, 3.63) is 68.0 Å². The molecule has 88 valence electrons. The monoisotopic (exact) mass is 250 g/mol. The molecule has 0 aliphatic rings. The molecule has 2 rings (SSSR count). The van der Waals surface area contributed by atoms with Crippen LogP contribution < -0.4 is 11.2 Å². The predicted octanol–water partition coefficient (Wildman–Crippen LogP) is 1.25. The number of aromatic nitrogens is 2. The highest BCUT2D eigenvalue weighted by Gasteiger charge is 2.07. The van der Waals surface area contributed by atoms with Gasteiger partial charge in [-0.25, -0.2) is 4.79 Å². The first-order chi connectivity index (χ1) is 8.09. The van der Waals surface area contributed by atoms with Gasteiger partial charge < -0.3 is 0 Å². The van der Waals surface area contributed by atoms with E-state index in [1.54, 1.807) is 0 Å². The first kappa shape index (κ1) is 11.7. The van der Waals surface area contributed by atoms with Crippen molar-refractivity contribution in [1.82, 2.24) is 9.13 Å². The minimum atomic E-state index is -0.411. The van der Waals surface area contributed by atoms with E-state index in [9.17, 15) is 9.59 Å². The van der Waals surface area contributed by atoms with E-state index in [0.717, 1.165) is 10.1 Å². The Kier molecular flexibility index (Phi) is 3.15. The van der Waals surface area contributed by atoms with Crippen molar-refractivity contribution in [3.63, 3.8) is 0 Å². The van der Waals surface area contributed by atoms with Gasteiger partial charge in [0.15, 0.2) is 0 Å². The molecule has 1 aromatic carbocycles. The molecule has 17 heavy (non-hydrogen) atoms. The molecule has 5 heteroatoms. The van der Waals surface area contributed by atoms with Gasteiger partial charge >= 0.3 is 5.69 Å². The zero-order valence-electron chi connectivity index (χ0n) is 9.26. The van der Waals surface area contributed by atoms with Crippen LogP contribution in [-0.4, -0.2) is 9.13 Å². The van der Waals surface area contributed by atoms with E-state index in [2.05, 4.69) is 0 Å². The average Bonchev–Trinajstić information content (AvgIpc) is 2.33. The summed E-state index contributed by atoms with van der Waals surface area (Å²) in [4.78, 5) is 23.2. The molecule has 0 amide bonds. The molecule has 2 aromatic rings. The second kappa shape index (κ2) is 4.59. The predicted molar refractivity (Wildman–Crippen MR) is 66.5 cm³/mol. The number of hydrogen-bond donors (Lipinski definition) is 0. The lowest BCUT2D eigenvalue weighted by Gasteiger charge is -2.09. The van der Waals surface area contributed by atoms with Crippen LogP contribution >= 0.6 is 11.6 Å². The Morgan fingerprint density at radius 2 is 1.82 bits per heavy atom. The third kappa shape index (κ3) is 2.31. The molecule has 0 aliphatic carbocycles. The van der Waals surface area contributed by atoms with Crippen LogP contribution in [0.15, 0.2) is 46.0 Å². The summed E-state index contributed by atoms with van der Waals surface area (Å²) in [5, 5.41) is 0.155. The van der Waals surface area contributed by atoms with Crippen LogP contribution in [-0.2, 0) is 13.6 Å². The van der Waals surface area contributed by atoms with E-state index in [4.69, 9.17) is 11.6 Å². The smallest absolute Gasteiger partial charge is 0.279 e. The summed E-state index contributed by atoms with van der Waals surface area (Å²) < 4.78 is 2.40. The number of halogens is 1. The van der Waals surface area contributed by atoms with E-state index in [1.807, 2.05) is 30.3 Å². The molecule has 0 aliphatic heterocycles. The highest BCUT2D eigenvalue weighted by molar-refractivity contribution is 6.29. The van der Waals surface area contributed by atoms with Gasteiger partial charge in [-0.15, -0.1) is 0 Å². The standard InChI is InChI=1S/C12H11ClN2O2/c1-14-11(16)7-10(13)15(12(14)17)8-9-5-3-2-4-6-9/h2-7H,8H2,1H3. The van der Waals surface area contributed by atoms with Gasteiger partial charge in [-0.05, 0) is 5.56 Å². The van der Waals surface area contributed by atoms with Gasteiger partial charge in [0.1, 0.15) is 5.15 Å². The first-order valence-electron chi connectivity index (χ1n) is 5.10. The third-order valence-electron chi connectivity index (χ3n) is 2.53. The molecule has 1 aromatic heterocycles. The molecule has 0 atom stereocenters. The molecule has 4 nitrogen and oxygen atoms in total. The summed E-state index contributed by atoms with van der Waals surface area (Å²) >= 11 is 5.91. The Morgan fingerprint density at radius 3 is 2.47 bits per heavy atom. The molecule has 0 N–H and O–H groups in total. The number of rotatable bonds is 2. The topological polar surface area (TPSA) is 44.0 Å². The van der Waals surface area contributed by atoms with Crippen LogP contribution in [0.25, 0.3) is 0 Å². The third-order valence-corrected chi connectivity index (χ3v) is 2.85. The van der Waals surface area contributed by atoms with Crippen molar-refractivity contribution in [3.8, 4) is 0 Å². The van der Waals surface area contributed by atoms with Crippen LogP contribution in [0.5, 0.6) is 0 Å². The Bertz CT molecular complexity index is 644. The van der Waals surface area contributed by atoms with E-state index in [1.165, 1.54) is 17.7 Å². The summed E-state index contributed by atoms with van der Waals surface area (Å²) in [6, 6.07) is 10.7. The Morgan fingerprint density at radius 1 is 1.18 bits per heavy atom. The van der Waals surface area contributed by atoms with Crippen molar-refractivity contribution in [2.75, 3.05) is 0 Å². The molecule has 0 radical (unpaired) electrons. The lowest BCUT2D eigenvalue weighted by Crippen LogP contribution is -2.37. The fraction of sp³-hybridized carbons (Fsp3) is 0.167. The Labute approximate surface area is 103 Å². The molecule has 0 bridgehead atoms. The number of nitrogens with zero attached hydrogens (tertiary/aromatic N) is 2. The molecule has 0 spiro atoms. The number of hydrogen-bond acceptors (Lipinski definition) is 2. The van der Waals surface area contributed by atoms with Gasteiger partial charge in [-0.3, -0.25) is 13.9 Å². The zero-order chi connectivity index (χ0) is 12.4. The summed E-state index contributed by atoms with van der Waals surface area (Å²) in [5.41, 5.74) is 0.144. The van der Waals surface area contributed by atoms with Crippen LogP contribution in [0.4, 0.5) is 0 Å². The van der Waals surface area contributed by atoms with Crippen molar-refractivity contribution in [2.24, 2.45) is 7.05 Å². The molecular formula is C12H11ClN2O2. The van der Waals surface area contributed by atoms with Gasteiger partial charge in [0.25, 0.3) is 5.56 Å². The van der Waals surface area contributed by atoms with Crippen molar-refractivity contribution in [1.29, 1.82) is 0 Å². The molecule has 0 saturated carbocycles. The molecule has 0 unspecified atom stereocenters. The molecular weight excluding hydrogens is 240 g/mol. The molecule has 0 fully saturated rings. The Hall–Kier alpha value is -1.81. The molecule has 1 heterocycles. The summed E-state index contributed by atoms with van der Waals surface area (Å²) in [5.74, 6) is 0. The summed E-state index contributed by atoms with van der Waals surface area (Å²) in [6.45, 7) is 0.354. The summed E-state index contributed by atoms with van der Waals surface area (Å²) in [7, 11) is 1.43. The quantitative estimate of drug-likeness (QED) is 0.753. The van der Waals surface area contributed by atoms with Crippen LogP contribution in [0, 0.1) is 0 Å². The lowest BCUT2D eigenvalue weighted by molar-refractivity contribution is 0.646. The van der Waals surface area contributed by atoms with E-state index in [0.29, 0.717) is 6.54 Å². The molecule has 0 saturated heterocycles. The minimum Gasteiger partial charge on any atom is -0.279 e. The maximum Gasteiger partial charge on any atom is 0.332 e. The second-order valence-corrected chi connectivity index (χ2v) is 4.11. The maximum atomic E-state index is 11.9. The van der Waals surface area contributed by atoms with Gasteiger partial charge in [-0.2, -0.15) is 0 Å². The van der Waals surface area contributed by atoms with Crippen molar-refractivity contribution < 1.29 is 0 Å². The van der Waals surface area contributed by atoms with Crippen LogP contribution in [0.1, 0.15) is 5.56 Å². The SMILES string of the molecule is Cn1c(=O)cc(Cl)n(Cc2ccccc2)c1=O. The fourth-order valence-electron chi connectivity index (χ4n) is 1.55. The van der Waals surface area contributed by atoms with E-state index < -0.39 is 11.2 Å². The van der Waals surface area contributed by atoms with Gasteiger partial charge in [0.05, 0.1) is 6.54 Å². The second-order valence-electron chi connectivity index (χ2n) is 3.72. The lowest BCUT2D eigenvalue weighted by atomic mass is 10.2. The minimum absolute atomic E-state index is 0.155. The number of benzene rings is 1. The Balaban J connectivity index is 2.51. The largest absolute Gasteiger partial charge is 0.332 e. The van der Waals surface area contributed by atoms with Crippen molar-refractivity contribution in [2.45, 2.75) is 6.54 Å². The van der Waals surface area contributed by atoms with Gasteiger partial charge in [0, 0.05) is 13.1 Å². The highest BCUT2D eigenvalue weighted by Crippen LogP contribution is 2.06. The maximum absolute atomic E-state index is 11.9. The van der Waals surface area contributed by atoms with Crippen LogP contribution in [0.2, 0.25) is 5.15 Å². The average molecular weight is 251 g/mol.